The van der Waals surface area contributed by atoms with Gasteiger partial charge in [0.05, 0.1) is 12.1 Å². The summed E-state index contributed by atoms with van der Waals surface area (Å²) in [7, 11) is 0. The molecule has 5 heteroatoms. The largest absolute Gasteiger partial charge is 0.491 e. The number of nitrogens with zero attached hydrogens (tertiary/aromatic N) is 3. The number of ether oxygens (including phenoxy) is 1. The summed E-state index contributed by atoms with van der Waals surface area (Å²) in [6.45, 7) is 2.60. The van der Waals surface area contributed by atoms with Crippen molar-refractivity contribution in [2.75, 3.05) is 6.61 Å². The SMILES string of the molecule is Cc1ccc(OCC(O)Cn2nnc3ccccc32)cc1. The van der Waals surface area contributed by atoms with E-state index in [0.29, 0.717) is 6.54 Å². The first kappa shape index (κ1) is 13.6. The summed E-state index contributed by atoms with van der Waals surface area (Å²) in [6, 6.07) is 15.4. The quantitative estimate of drug-likeness (QED) is 0.779. The van der Waals surface area contributed by atoms with E-state index in [1.54, 1.807) is 4.68 Å². The van der Waals surface area contributed by atoms with Gasteiger partial charge in [-0.15, -0.1) is 5.10 Å². The van der Waals surface area contributed by atoms with E-state index in [9.17, 15) is 5.11 Å². The Balaban J connectivity index is 1.61. The Labute approximate surface area is 122 Å². The van der Waals surface area contributed by atoms with Crippen LogP contribution in [0.25, 0.3) is 11.0 Å². The van der Waals surface area contributed by atoms with Crippen molar-refractivity contribution in [1.82, 2.24) is 15.0 Å². The molecule has 1 aromatic heterocycles. The topological polar surface area (TPSA) is 60.2 Å². The van der Waals surface area contributed by atoms with Gasteiger partial charge in [-0.05, 0) is 31.2 Å². The molecular formula is C16H17N3O2. The Hall–Kier alpha value is -2.40. The van der Waals surface area contributed by atoms with E-state index in [2.05, 4.69) is 10.3 Å². The zero-order chi connectivity index (χ0) is 14.7. The highest BCUT2D eigenvalue weighted by Crippen LogP contribution is 2.13. The van der Waals surface area contributed by atoms with Gasteiger partial charge in [0.2, 0.25) is 0 Å². The Kier molecular flexibility index (Phi) is 3.83. The van der Waals surface area contributed by atoms with Gasteiger partial charge >= 0.3 is 0 Å². The van der Waals surface area contributed by atoms with Crippen molar-refractivity contribution in [1.29, 1.82) is 0 Å². The smallest absolute Gasteiger partial charge is 0.119 e. The third-order valence-corrected chi connectivity index (χ3v) is 3.27. The fourth-order valence-electron chi connectivity index (χ4n) is 2.13. The zero-order valence-corrected chi connectivity index (χ0v) is 11.8. The summed E-state index contributed by atoms with van der Waals surface area (Å²) in [5.74, 6) is 0.753. The van der Waals surface area contributed by atoms with Crippen LogP contribution >= 0.6 is 0 Å². The average Bonchev–Trinajstić information content (AvgIpc) is 2.90. The number of hydrogen-bond acceptors (Lipinski definition) is 4. The number of aliphatic hydroxyl groups excluding tert-OH is 1. The number of benzene rings is 2. The van der Waals surface area contributed by atoms with Gasteiger partial charge < -0.3 is 9.84 Å². The molecule has 0 saturated heterocycles. The average molecular weight is 283 g/mol. The number of hydrogen-bond donors (Lipinski definition) is 1. The first-order chi connectivity index (χ1) is 10.2. The molecule has 0 radical (unpaired) electrons. The minimum atomic E-state index is -0.642. The number of aliphatic hydroxyl groups is 1. The standard InChI is InChI=1S/C16H17N3O2/c1-12-6-8-14(9-7-12)21-11-13(20)10-19-16-5-3-2-4-15(16)17-18-19/h2-9,13,20H,10-11H2,1H3. The monoisotopic (exact) mass is 283 g/mol. The van der Waals surface area contributed by atoms with Crippen LogP contribution in [0, 0.1) is 6.92 Å². The highest BCUT2D eigenvalue weighted by atomic mass is 16.5. The molecule has 2 aromatic carbocycles. The van der Waals surface area contributed by atoms with E-state index >= 15 is 0 Å². The lowest BCUT2D eigenvalue weighted by molar-refractivity contribution is 0.0899. The molecule has 5 nitrogen and oxygen atoms in total. The third-order valence-electron chi connectivity index (χ3n) is 3.27. The van der Waals surface area contributed by atoms with Gasteiger partial charge in [0.1, 0.15) is 24.0 Å². The molecule has 1 N–H and O–H groups in total. The van der Waals surface area contributed by atoms with E-state index in [1.807, 2.05) is 55.5 Å². The lowest BCUT2D eigenvalue weighted by Crippen LogP contribution is -2.24. The lowest BCUT2D eigenvalue weighted by atomic mass is 10.2. The Bertz CT molecular complexity index is 722. The molecule has 0 aliphatic carbocycles. The third kappa shape index (κ3) is 3.20. The zero-order valence-electron chi connectivity index (χ0n) is 11.8. The van der Waals surface area contributed by atoms with Crippen molar-refractivity contribution in [3.63, 3.8) is 0 Å². The molecule has 1 unspecified atom stereocenters. The first-order valence-corrected chi connectivity index (χ1v) is 6.88. The van der Waals surface area contributed by atoms with Gasteiger partial charge in [-0.2, -0.15) is 0 Å². The van der Waals surface area contributed by atoms with Crippen LogP contribution in [-0.2, 0) is 6.54 Å². The predicted molar refractivity (Wildman–Crippen MR) is 80.2 cm³/mol. The van der Waals surface area contributed by atoms with Crippen LogP contribution < -0.4 is 4.74 Å². The number of aromatic nitrogens is 3. The summed E-state index contributed by atoms with van der Waals surface area (Å²) in [4.78, 5) is 0. The van der Waals surface area contributed by atoms with Crippen molar-refractivity contribution in [3.8, 4) is 5.75 Å². The van der Waals surface area contributed by atoms with Crippen LogP contribution in [0.15, 0.2) is 48.5 Å². The molecule has 0 amide bonds. The molecule has 1 heterocycles. The highest BCUT2D eigenvalue weighted by Gasteiger charge is 2.10. The van der Waals surface area contributed by atoms with Gasteiger partial charge in [0, 0.05) is 0 Å². The summed E-state index contributed by atoms with van der Waals surface area (Å²) < 4.78 is 7.27. The molecule has 108 valence electrons. The maximum Gasteiger partial charge on any atom is 0.119 e. The minimum Gasteiger partial charge on any atom is -0.491 e. The lowest BCUT2D eigenvalue weighted by Gasteiger charge is -2.12. The van der Waals surface area contributed by atoms with Crippen molar-refractivity contribution < 1.29 is 9.84 Å². The van der Waals surface area contributed by atoms with Gasteiger partial charge in [-0.1, -0.05) is 35.0 Å². The molecule has 0 fully saturated rings. The Morgan fingerprint density at radius 2 is 1.90 bits per heavy atom. The molecule has 3 rings (SSSR count). The second kappa shape index (κ2) is 5.93. The van der Waals surface area contributed by atoms with Crippen molar-refractivity contribution in [2.24, 2.45) is 0 Å². The van der Waals surface area contributed by atoms with Crippen molar-refractivity contribution in [2.45, 2.75) is 19.6 Å². The summed E-state index contributed by atoms with van der Waals surface area (Å²) in [5, 5.41) is 18.2. The van der Waals surface area contributed by atoms with E-state index < -0.39 is 6.10 Å². The van der Waals surface area contributed by atoms with Gasteiger partial charge in [-0.3, -0.25) is 0 Å². The minimum absolute atomic E-state index is 0.219. The number of para-hydroxylation sites is 1. The second-order valence-corrected chi connectivity index (χ2v) is 5.04. The van der Waals surface area contributed by atoms with Crippen LogP contribution in [0.3, 0.4) is 0 Å². The van der Waals surface area contributed by atoms with Crippen LogP contribution in [-0.4, -0.2) is 32.8 Å². The van der Waals surface area contributed by atoms with Crippen molar-refractivity contribution in [3.05, 3.63) is 54.1 Å². The Morgan fingerprint density at radius 3 is 2.71 bits per heavy atom. The van der Waals surface area contributed by atoms with Crippen LogP contribution in [0.5, 0.6) is 5.75 Å². The maximum atomic E-state index is 10.1. The molecule has 0 saturated carbocycles. The summed E-state index contributed by atoms with van der Waals surface area (Å²) >= 11 is 0. The molecule has 0 bridgehead atoms. The van der Waals surface area contributed by atoms with E-state index in [4.69, 9.17) is 4.74 Å². The van der Waals surface area contributed by atoms with Gasteiger partial charge in [-0.25, -0.2) is 4.68 Å². The van der Waals surface area contributed by atoms with E-state index in [1.165, 1.54) is 5.56 Å². The second-order valence-electron chi connectivity index (χ2n) is 5.04. The molecule has 1 atom stereocenters. The number of aryl methyl sites for hydroxylation is 1. The molecule has 0 aliphatic heterocycles. The molecule has 21 heavy (non-hydrogen) atoms. The van der Waals surface area contributed by atoms with E-state index in [-0.39, 0.29) is 6.61 Å². The van der Waals surface area contributed by atoms with Crippen LogP contribution in [0.2, 0.25) is 0 Å². The predicted octanol–water partition coefficient (Wildman–Crippen LogP) is 2.18. The van der Waals surface area contributed by atoms with Crippen LogP contribution in [0.1, 0.15) is 5.56 Å². The Morgan fingerprint density at radius 1 is 1.14 bits per heavy atom. The number of fused-ring (bicyclic) bond motifs is 1. The fraction of sp³-hybridized carbons (Fsp3) is 0.250. The molecular weight excluding hydrogens is 266 g/mol. The molecule has 3 aromatic rings. The van der Waals surface area contributed by atoms with Gasteiger partial charge in [0.15, 0.2) is 0 Å². The molecule has 0 aliphatic rings. The maximum absolute atomic E-state index is 10.1. The highest BCUT2D eigenvalue weighted by molar-refractivity contribution is 5.73. The van der Waals surface area contributed by atoms with Crippen LogP contribution in [0.4, 0.5) is 0 Å². The van der Waals surface area contributed by atoms with E-state index in [0.717, 1.165) is 16.8 Å². The normalized spacial score (nSPS) is 12.5. The number of rotatable bonds is 5. The van der Waals surface area contributed by atoms with Crippen molar-refractivity contribution >= 4 is 11.0 Å². The molecule has 0 spiro atoms. The fourth-order valence-corrected chi connectivity index (χ4v) is 2.13. The van der Waals surface area contributed by atoms with Gasteiger partial charge in [0.25, 0.3) is 0 Å². The summed E-state index contributed by atoms with van der Waals surface area (Å²) in [6.07, 6.45) is -0.642. The summed E-state index contributed by atoms with van der Waals surface area (Å²) in [5.41, 5.74) is 2.91. The first-order valence-electron chi connectivity index (χ1n) is 6.88.